The van der Waals surface area contributed by atoms with Gasteiger partial charge in [0.15, 0.2) is 0 Å². The number of para-hydroxylation sites is 1. The molecule has 108 valence electrons. The zero-order chi connectivity index (χ0) is 14.9. The molecule has 0 saturated carbocycles. The summed E-state index contributed by atoms with van der Waals surface area (Å²) < 4.78 is 5.51. The van der Waals surface area contributed by atoms with Crippen molar-refractivity contribution < 1.29 is 19.4 Å². The van der Waals surface area contributed by atoms with Crippen LogP contribution in [-0.2, 0) is 9.59 Å². The van der Waals surface area contributed by atoms with E-state index in [0.717, 1.165) is 5.56 Å². The Hall–Kier alpha value is -2.04. The van der Waals surface area contributed by atoms with Gasteiger partial charge in [-0.25, -0.2) is 0 Å². The second-order valence-electron chi connectivity index (χ2n) is 5.89. The van der Waals surface area contributed by atoms with Crippen LogP contribution in [-0.4, -0.2) is 40.6 Å². The molecular formula is C15H19NO4. The Bertz CT molecular complexity index is 533. The molecule has 0 spiro atoms. The lowest BCUT2D eigenvalue weighted by Crippen LogP contribution is -2.50. The second-order valence-corrected chi connectivity index (χ2v) is 5.89. The predicted octanol–water partition coefficient (Wildman–Crippen LogP) is 1.87. The molecule has 0 radical (unpaired) electrons. The second kappa shape index (κ2) is 5.15. The van der Waals surface area contributed by atoms with Crippen LogP contribution in [0.1, 0.15) is 32.3 Å². The molecule has 0 aromatic heterocycles. The minimum atomic E-state index is -1.01. The van der Waals surface area contributed by atoms with Gasteiger partial charge in [-0.15, -0.1) is 0 Å². The molecule has 5 nitrogen and oxygen atoms in total. The van der Waals surface area contributed by atoms with Gasteiger partial charge >= 0.3 is 5.97 Å². The van der Waals surface area contributed by atoms with Crippen molar-refractivity contribution in [1.82, 2.24) is 4.90 Å². The third-order valence-corrected chi connectivity index (χ3v) is 3.37. The number of rotatable bonds is 3. The van der Waals surface area contributed by atoms with Crippen LogP contribution < -0.4 is 4.74 Å². The molecule has 0 bridgehead atoms. The van der Waals surface area contributed by atoms with E-state index < -0.39 is 17.4 Å². The largest absolute Gasteiger partial charge is 0.492 e. The standard InChI is InChI=1S/C15H19NO4/c1-15(2,3)16(8-13(17)18)14(19)11-9-20-12-7-5-4-6-10(11)12/h4-7,11H,8-9H2,1-3H3,(H,17,18). The van der Waals surface area contributed by atoms with Crippen molar-refractivity contribution in [3.05, 3.63) is 29.8 Å². The molecule has 2 rings (SSSR count). The molecule has 1 aliphatic rings. The van der Waals surface area contributed by atoms with Crippen LogP contribution >= 0.6 is 0 Å². The maximum atomic E-state index is 12.7. The molecule has 1 aliphatic heterocycles. The first-order valence-electron chi connectivity index (χ1n) is 6.55. The van der Waals surface area contributed by atoms with E-state index in [4.69, 9.17) is 9.84 Å². The van der Waals surface area contributed by atoms with Gasteiger partial charge < -0.3 is 14.7 Å². The lowest BCUT2D eigenvalue weighted by molar-refractivity contribution is -0.149. The highest BCUT2D eigenvalue weighted by atomic mass is 16.5. The van der Waals surface area contributed by atoms with Crippen LogP contribution in [0.25, 0.3) is 0 Å². The number of nitrogens with zero attached hydrogens (tertiary/aromatic N) is 1. The topological polar surface area (TPSA) is 66.8 Å². The summed E-state index contributed by atoms with van der Waals surface area (Å²) in [5.41, 5.74) is 0.282. The van der Waals surface area contributed by atoms with Crippen molar-refractivity contribution >= 4 is 11.9 Å². The average Bonchev–Trinajstić information content (AvgIpc) is 2.77. The lowest BCUT2D eigenvalue weighted by atomic mass is 9.96. The van der Waals surface area contributed by atoms with Crippen LogP contribution in [0, 0.1) is 0 Å². The van der Waals surface area contributed by atoms with Crippen molar-refractivity contribution in [3.8, 4) is 5.75 Å². The molecule has 5 heteroatoms. The summed E-state index contributed by atoms with van der Waals surface area (Å²) in [5.74, 6) is -0.940. The van der Waals surface area contributed by atoms with Crippen molar-refractivity contribution in [2.24, 2.45) is 0 Å². The van der Waals surface area contributed by atoms with Gasteiger partial charge in [0, 0.05) is 11.1 Å². The highest BCUT2D eigenvalue weighted by Gasteiger charge is 2.37. The normalized spacial score (nSPS) is 17.2. The Kier molecular flexibility index (Phi) is 3.70. The quantitative estimate of drug-likeness (QED) is 0.916. The molecule has 0 saturated heterocycles. The van der Waals surface area contributed by atoms with Crippen molar-refractivity contribution in [1.29, 1.82) is 0 Å². The number of hydrogen-bond acceptors (Lipinski definition) is 3. The first-order valence-corrected chi connectivity index (χ1v) is 6.55. The smallest absolute Gasteiger partial charge is 0.323 e. The molecule has 1 unspecified atom stereocenters. The minimum absolute atomic E-state index is 0.204. The van der Waals surface area contributed by atoms with E-state index in [1.807, 2.05) is 45.0 Å². The van der Waals surface area contributed by atoms with Gasteiger partial charge in [-0.3, -0.25) is 9.59 Å². The highest BCUT2D eigenvalue weighted by Crippen LogP contribution is 2.35. The number of fused-ring (bicyclic) bond motifs is 1. The maximum absolute atomic E-state index is 12.7. The van der Waals surface area contributed by atoms with Crippen LogP contribution in [0.2, 0.25) is 0 Å². The Labute approximate surface area is 118 Å². The maximum Gasteiger partial charge on any atom is 0.323 e. The molecule has 1 amide bonds. The summed E-state index contributed by atoms with van der Waals surface area (Å²) in [6.07, 6.45) is 0. The summed E-state index contributed by atoms with van der Waals surface area (Å²) in [4.78, 5) is 25.1. The Morgan fingerprint density at radius 3 is 2.60 bits per heavy atom. The first-order chi connectivity index (χ1) is 9.30. The van der Waals surface area contributed by atoms with E-state index in [2.05, 4.69) is 0 Å². The van der Waals surface area contributed by atoms with E-state index in [-0.39, 0.29) is 19.1 Å². The van der Waals surface area contributed by atoms with Gasteiger partial charge in [0.05, 0.1) is 0 Å². The predicted molar refractivity (Wildman–Crippen MR) is 73.8 cm³/mol. The summed E-state index contributed by atoms with van der Waals surface area (Å²) >= 11 is 0. The summed E-state index contributed by atoms with van der Waals surface area (Å²) in [5, 5.41) is 9.01. The van der Waals surface area contributed by atoms with Crippen molar-refractivity contribution in [2.75, 3.05) is 13.2 Å². The summed E-state index contributed by atoms with van der Waals surface area (Å²) in [6, 6.07) is 7.38. The Balaban J connectivity index is 2.28. The van der Waals surface area contributed by atoms with E-state index in [9.17, 15) is 9.59 Å². The Morgan fingerprint density at radius 2 is 2.00 bits per heavy atom. The van der Waals surface area contributed by atoms with Crippen molar-refractivity contribution in [2.45, 2.75) is 32.2 Å². The number of carboxylic acids is 1. The van der Waals surface area contributed by atoms with Crippen molar-refractivity contribution in [3.63, 3.8) is 0 Å². The fourth-order valence-electron chi connectivity index (χ4n) is 2.34. The van der Waals surface area contributed by atoms with Crippen LogP contribution in [0.5, 0.6) is 5.75 Å². The fraction of sp³-hybridized carbons (Fsp3) is 0.467. The summed E-state index contributed by atoms with van der Waals surface area (Å²) in [7, 11) is 0. The molecule has 1 atom stereocenters. The van der Waals surface area contributed by atoms with E-state index in [1.165, 1.54) is 4.90 Å². The molecule has 1 aromatic rings. The van der Waals surface area contributed by atoms with Crippen LogP contribution in [0.15, 0.2) is 24.3 Å². The number of benzene rings is 1. The third-order valence-electron chi connectivity index (χ3n) is 3.37. The fourth-order valence-corrected chi connectivity index (χ4v) is 2.34. The SMILES string of the molecule is CC(C)(C)N(CC(=O)O)C(=O)C1COc2ccccc21. The number of amides is 1. The van der Waals surface area contributed by atoms with E-state index >= 15 is 0 Å². The van der Waals surface area contributed by atoms with Gasteiger partial charge in [-0.1, -0.05) is 18.2 Å². The Morgan fingerprint density at radius 1 is 1.35 bits per heavy atom. The van der Waals surface area contributed by atoms with Gasteiger partial charge in [0.1, 0.15) is 24.8 Å². The van der Waals surface area contributed by atoms with Gasteiger partial charge in [-0.05, 0) is 26.8 Å². The third kappa shape index (κ3) is 2.76. The molecule has 0 fully saturated rings. The average molecular weight is 277 g/mol. The number of hydrogen-bond donors (Lipinski definition) is 1. The number of aliphatic carboxylic acids is 1. The zero-order valence-corrected chi connectivity index (χ0v) is 11.9. The molecule has 20 heavy (non-hydrogen) atoms. The van der Waals surface area contributed by atoms with Crippen LogP contribution in [0.3, 0.4) is 0 Å². The minimum Gasteiger partial charge on any atom is -0.492 e. The number of carboxylic acid groups (broad SMARTS) is 1. The zero-order valence-electron chi connectivity index (χ0n) is 11.9. The monoisotopic (exact) mass is 277 g/mol. The van der Waals surface area contributed by atoms with Gasteiger partial charge in [-0.2, -0.15) is 0 Å². The molecular weight excluding hydrogens is 258 g/mol. The lowest BCUT2D eigenvalue weighted by Gasteiger charge is -2.36. The summed E-state index contributed by atoms with van der Waals surface area (Å²) in [6.45, 7) is 5.45. The number of carbonyl (C=O) groups is 2. The van der Waals surface area contributed by atoms with Crippen LogP contribution in [0.4, 0.5) is 0 Å². The highest BCUT2D eigenvalue weighted by molar-refractivity contribution is 5.88. The number of ether oxygens (including phenoxy) is 1. The number of carbonyl (C=O) groups excluding carboxylic acids is 1. The van der Waals surface area contributed by atoms with E-state index in [0.29, 0.717) is 5.75 Å². The van der Waals surface area contributed by atoms with Gasteiger partial charge in [0.2, 0.25) is 5.91 Å². The molecule has 1 aromatic carbocycles. The van der Waals surface area contributed by atoms with E-state index in [1.54, 1.807) is 0 Å². The molecule has 0 aliphatic carbocycles. The molecule has 1 N–H and O–H groups in total. The first kappa shape index (κ1) is 14.4. The molecule has 1 heterocycles. The van der Waals surface area contributed by atoms with Gasteiger partial charge in [0.25, 0.3) is 0 Å².